The van der Waals surface area contributed by atoms with E-state index in [1.165, 1.54) is 31.3 Å². The molecule has 1 N–H and O–H groups in total. The van der Waals surface area contributed by atoms with Crippen LogP contribution in [0.1, 0.15) is 44.4 Å². The summed E-state index contributed by atoms with van der Waals surface area (Å²) in [5.41, 5.74) is 2.88. The number of oxazole rings is 1. The molecule has 0 bridgehead atoms. The largest absolute Gasteiger partial charge is 0.508 e. The minimum atomic E-state index is 0.215. The lowest BCUT2D eigenvalue weighted by Gasteiger charge is -1.99. The van der Waals surface area contributed by atoms with Crippen LogP contribution in [0.5, 0.6) is 5.75 Å². The maximum absolute atomic E-state index is 9.39. The molecule has 1 aliphatic rings. The summed E-state index contributed by atoms with van der Waals surface area (Å²) < 4.78 is 5.64. The first-order valence-electron chi connectivity index (χ1n) is 6.60. The van der Waals surface area contributed by atoms with E-state index in [-0.39, 0.29) is 5.75 Å². The van der Waals surface area contributed by atoms with E-state index in [1.54, 1.807) is 18.2 Å². The van der Waals surface area contributed by atoms with Gasteiger partial charge in [0.15, 0.2) is 5.58 Å². The predicted octanol–water partition coefficient (Wildman–Crippen LogP) is 4.27. The second-order valence-electron chi connectivity index (χ2n) is 4.92. The molecule has 0 spiro atoms. The molecule has 94 valence electrons. The third-order valence-electron chi connectivity index (χ3n) is 3.46. The van der Waals surface area contributed by atoms with Crippen LogP contribution in [0.4, 0.5) is 0 Å². The standard InChI is InChI=1S/C15H17NO2/c17-12-7-8-13-14(10-12)18-15(16-13)9-11-5-3-1-2-4-6-11/h7-10,17H,1-6H2. The summed E-state index contributed by atoms with van der Waals surface area (Å²) in [6, 6.07) is 5.02. The molecule has 0 atom stereocenters. The Labute approximate surface area is 106 Å². The Kier molecular flexibility index (Phi) is 3.05. The molecule has 2 aromatic rings. The summed E-state index contributed by atoms with van der Waals surface area (Å²) in [4.78, 5) is 4.42. The van der Waals surface area contributed by atoms with Crippen molar-refractivity contribution in [1.29, 1.82) is 0 Å². The van der Waals surface area contributed by atoms with Crippen molar-refractivity contribution in [2.24, 2.45) is 0 Å². The Balaban J connectivity index is 1.91. The average molecular weight is 243 g/mol. The highest BCUT2D eigenvalue weighted by molar-refractivity contribution is 5.75. The van der Waals surface area contributed by atoms with Gasteiger partial charge in [0.25, 0.3) is 0 Å². The fourth-order valence-electron chi connectivity index (χ4n) is 2.49. The van der Waals surface area contributed by atoms with Crippen LogP contribution in [0.3, 0.4) is 0 Å². The van der Waals surface area contributed by atoms with Crippen LogP contribution in [0.2, 0.25) is 0 Å². The van der Waals surface area contributed by atoms with Gasteiger partial charge in [0.05, 0.1) is 0 Å². The van der Waals surface area contributed by atoms with Gasteiger partial charge in [0.1, 0.15) is 11.3 Å². The van der Waals surface area contributed by atoms with Gasteiger partial charge in [-0.3, -0.25) is 0 Å². The van der Waals surface area contributed by atoms with E-state index in [0.717, 1.165) is 18.4 Å². The molecule has 0 aliphatic heterocycles. The molecule has 1 aromatic heterocycles. The number of aromatic nitrogens is 1. The Hall–Kier alpha value is -1.77. The van der Waals surface area contributed by atoms with Crippen LogP contribution >= 0.6 is 0 Å². The maximum atomic E-state index is 9.39. The van der Waals surface area contributed by atoms with Crippen LogP contribution in [-0.4, -0.2) is 10.1 Å². The van der Waals surface area contributed by atoms with E-state index in [4.69, 9.17) is 4.42 Å². The average Bonchev–Trinajstić information content (AvgIpc) is 2.57. The second-order valence-corrected chi connectivity index (χ2v) is 4.92. The maximum Gasteiger partial charge on any atom is 0.219 e. The number of fused-ring (bicyclic) bond motifs is 1. The molecule has 3 heteroatoms. The summed E-state index contributed by atoms with van der Waals surface area (Å²) in [5, 5.41) is 9.39. The highest BCUT2D eigenvalue weighted by atomic mass is 16.3. The van der Waals surface area contributed by atoms with E-state index >= 15 is 0 Å². The fourth-order valence-corrected chi connectivity index (χ4v) is 2.49. The minimum absolute atomic E-state index is 0.215. The Morgan fingerprint density at radius 2 is 1.89 bits per heavy atom. The van der Waals surface area contributed by atoms with Crippen molar-refractivity contribution in [2.45, 2.75) is 38.5 Å². The lowest BCUT2D eigenvalue weighted by molar-refractivity contribution is 0.474. The lowest BCUT2D eigenvalue weighted by atomic mass is 10.1. The van der Waals surface area contributed by atoms with E-state index in [2.05, 4.69) is 11.1 Å². The van der Waals surface area contributed by atoms with Gasteiger partial charge in [-0.25, -0.2) is 4.98 Å². The topological polar surface area (TPSA) is 46.3 Å². The molecule has 1 fully saturated rings. The van der Waals surface area contributed by atoms with Gasteiger partial charge in [-0.15, -0.1) is 0 Å². The molecule has 1 aromatic carbocycles. The van der Waals surface area contributed by atoms with Crippen molar-refractivity contribution in [3.8, 4) is 5.75 Å². The Morgan fingerprint density at radius 1 is 1.11 bits per heavy atom. The number of aromatic hydroxyl groups is 1. The van der Waals surface area contributed by atoms with Gasteiger partial charge in [0.2, 0.25) is 5.89 Å². The predicted molar refractivity (Wildman–Crippen MR) is 71.4 cm³/mol. The summed E-state index contributed by atoms with van der Waals surface area (Å²) in [6.45, 7) is 0. The van der Waals surface area contributed by atoms with Crippen LogP contribution < -0.4 is 0 Å². The van der Waals surface area contributed by atoms with Gasteiger partial charge < -0.3 is 9.52 Å². The molecular formula is C15H17NO2. The zero-order valence-electron chi connectivity index (χ0n) is 10.4. The van der Waals surface area contributed by atoms with Crippen molar-refractivity contribution in [1.82, 2.24) is 4.98 Å². The van der Waals surface area contributed by atoms with Crippen molar-refractivity contribution >= 4 is 17.2 Å². The first-order valence-corrected chi connectivity index (χ1v) is 6.60. The number of nitrogens with zero attached hydrogens (tertiary/aromatic N) is 1. The lowest BCUT2D eigenvalue weighted by Crippen LogP contribution is -1.81. The Bertz CT molecular complexity index is 573. The molecule has 3 rings (SSSR count). The highest BCUT2D eigenvalue weighted by Crippen LogP contribution is 2.26. The van der Waals surface area contributed by atoms with Gasteiger partial charge in [-0.2, -0.15) is 0 Å². The van der Waals surface area contributed by atoms with E-state index in [9.17, 15) is 5.11 Å². The second kappa shape index (κ2) is 4.84. The number of phenolic OH excluding ortho intramolecular Hbond substituents is 1. The third-order valence-corrected chi connectivity index (χ3v) is 3.46. The van der Waals surface area contributed by atoms with Crippen LogP contribution in [-0.2, 0) is 0 Å². The summed E-state index contributed by atoms with van der Waals surface area (Å²) >= 11 is 0. The Morgan fingerprint density at radius 3 is 2.67 bits per heavy atom. The molecule has 18 heavy (non-hydrogen) atoms. The number of hydrogen-bond donors (Lipinski definition) is 1. The molecule has 0 unspecified atom stereocenters. The molecule has 1 heterocycles. The van der Waals surface area contributed by atoms with Crippen LogP contribution in [0.25, 0.3) is 17.2 Å². The molecule has 3 nitrogen and oxygen atoms in total. The normalized spacial score (nSPS) is 16.8. The summed E-state index contributed by atoms with van der Waals surface area (Å²) in [5.74, 6) is 0.875. The summed E-state index contributed by atoms with van der Waals surface area (Å²) in [6.07, 6.45) is 9.59. The summed E-state index contributed by atoms with van der Waals surface area (Å²) in [7, 11) is 0. The fraction of sp³-hybridized carbons (Fsp3) is 0.400. The first-order chi connectivity index (χ1) is 8.81. The molecule has 1 saturated carbocycles. The van der Waals surface area contributed by atoms with Gasteiger partial charge in [0, 0.05) is 6.07 Å². The minimum Gasteiger partial charge on any atom is -0.508 e. The molecular weight excluding hydrogens is 226 g/mol. The number of allylic oxidation sites excluding steroid dienone is 1. The third kappa shape index (κ3) is 2.40. The number of phenols is 1. The van der Waals surface area contributed by atoms with Crippen molar-refractivity contribution in [2.75, 3.05) is 0 Å². The van der Waals surface area contributed by atoms with Crippen LogP contribution in [0.15, 0.2) is 28.2 Å². The van der Waals surface area contributed by atoms with Crippen molar-refractivity contribution < 1.29 is 9.52 Å². The van der Waals surface area contributed by atoms with Gasteiger partial charge in [-0.05, 0) is 43.9 Å². The van der Waals surface area contributed by atoms with Crippen molar-refractivity contribution in [3.05, 3.63) is 29.7 Å². The van der Waals surface area contributed by atoms with Crippen LogP contribution in [0, 0.1) is 0 Å². The highest BCUT2D eigenvalue weighted by Gasteiger charge is 2.08. The van der Waals surface area contributed by atoms with Gasteiger partial charge in [-0.1, -0.05) is 18.4 Å². The van der Waals surface area contributed by atoms with E-state index < -0.39 is 0 Å². The van der Waals surface area contributed by atoms with E-state index in [0.29, 0.717) is 11.5 Å². The zero-order valence-corrected chi connectivity index (χ0v) is 10.4. The van der Waals surface area contributed by atoms with Crippen molar-refractivity contribution in [3.63, 3.8) is 0 Å². The first kappa shape index (κ1) is 11.3. The monoisotopic (exact) mass is 243 g/mol. The number of rotatable bonds is 1. The number of benzene rings is 1. The smallest absolute Gasteiger partial charge is 0.219 e. The molecule has 0 saturated heterocycles. The molecule has 0 amide bonds. The zero-order chi connectivity index (χ0) is 12.4. The quantitative estimate of drug-likeness (QED) is 0.761. The SMILES string of the molecule is Oc1ccc2nc(C=C3CCCCCC3)oc2c1. The molecule has 1 aliphatic carbocycles. The van der Waals surface area contributed by atoms with E-state index in [1.807, 2.05) is 0 Å². The number of hydrogen-bond acceptors (Lipinski definition) is 3. The van der Waals surface area contributed by atoms with Gasteiger partial charge >= 0.3 is 0 Å². The molecule has 0 radical (unpaired) electrons.